The van der Waals surface area contributed by atoms with Crippen molar-refractivity contribution < 1.29 is 9.72 Å². The third-order valence-electron chi connectivity index (χ3n) is 4.08. The molecule has 1 aliphatic heterocycles. The molecule has 1 atom stereocenters. The minimum atomic E-state index is -0.437. The number of piperidine rings is 1. The Balaban J connectivity index is 1.70. The number of amides is 1. The first kappa shape index (κ1) is 14.5. The first-order valence-electron chi connectivity index (χ1n) is 7.41. The van der Waals surface area contributed by atoms with Gasteiger partial charge in [0.15, 0.2) is 0 Å². The van der Waals surface area contributed by atoms with Crippen LogP contribution >= 0.6 is 11.3 Å². The zero-order valence-corrected chi connectivity index (χ0v) is 12.6. The van der Waals surface area contributed by atoms with Crippen LogP contribution in [0, 0.1) is 16.0 Å². The van der Waals surface area contributed by atoms with E-state index < -0.39 is 4.92 Å². The summed E-state index contributed by atoms with van der Waals surface area (Å²) >= 11 is 0.979. The highest BCUT2D eigenvalue weighted by Gasteiger charge is 2.35. The van der Waals surface area contributed by atoms with Gasteiger partial charge in [0.2, 0.25) is 0 Å². The number of hydrogen-bond acceptors (Lipinski definition) is 5. The zero-order chi connectivity index (χ0) is 14.8. The van der Waals surface area contributed by atoms with Crippen LogP contribution < -0.4 is 5.32 Å². The SMILES string of the molecule is O=C(c1ccc([N+](=O)[O-])s1)N(CC1CCCNC1)C1CC1. The Labute approximate surface area is 127 Å². The van der Waals surface area contributed by atoms with Crippen molar-refractivity contribution in [3.05, 3.63) is 27.1 Å². The molecule has 0 radical (unpaired) electrons. The van der Waals surface area contributed by atoms with Crippen LogP contribution in [0.1, 0.15) is 35.4 Å². The predicted octanol–water partition coefficient (Wildman–Crippen LogP) is 2.26. The topological polar surface area (TPSA) is 75.5 Å². The predicted molar refractivity (Wildman–Crippen MR) is 80.6 cm³/mol. The second kappa shape index (κ2) is 6.11. The lowest BCUT2D eigenvalue weighted by Gasteiger charge is -2.30. The van der Waals surface area contributed by atoms with Crippen molar-refractivity contribution in [1.82, 2.24) is 10.2 Å². The first-order chi connectivity index (χ1) is 10.1. The van der Waals surface area contributed by atoms with Crippen molar-refractivity contribution in [2.45, 2.75) is 31.7 Å². The van der Waals surface area contributed by atoms with E-state index in [1.54, 1.807) is 6.07 Å². The number of hydrogen-bond donors (Lipinski definition) is 1. The Bertz CT molecular complexity index is 535. The Morgan fingerprint density at radius 3 is 2.81 bits per heavy atom. The fourth-order valence-corrected chi connectivity index (χ4v) is 3.60. The second-order valence-electron chi connectivity index (χ2n) is 5.80. The normalized spacial score (nSPS) is 22.0. The van der Waals surface area contributed by atoms with Crippen LogP contribution in [-0.4, -0.2) is 41.4 Å². The zero-order valence-electron chi connectivity index (χ0n) is 11.8. The maximum Gasteiger partial charge on any atom is 0.324 e. The van der Waals surface area contributed by atoms with E-state index in [0.717, 1.165) is 56.7 Å². The van der Waals surface area contributed by atoms with Crippen LogP contribution in [-0.2, 0) is 0 Å². The number of nitrogens with one attached hydrogen (secondary N) is 1. The van der Waals surface area contributed by atoms with Gasteiger partial charge in [-0.1, -0.05) is 11.3 Å². The highest BCUT2D eigenvalue weighted by Crippen LogP contribution is 2.32. The number of rotatable bonds is 5. The van der Waals surface area contributed by atoms with Gasteiger partial charge in [0, 0.05) is 18.7 Å². The van der Waals surface area contributed by atoms with E-state index >= 15 is 0 Å². The summed E-state index contributed by atoms with van der Waals surface area (Å²) in [5, 5.41) is 14.2. The summed E-state index contributed by atoms with van der Waals surface area (Å²) in [6.45, 7) is 2.79. The van der Waals surface area contributed by atoms with Gasteiger partial charge in [-0.15, -0.1) is 0 Å². The molecule has 1 saturated carbocycles. The molecule has 0 bridgehead atoms. The van der Waals surface area contributed by atoms with Gasteiger partial charge in [0.05, 0.1) is 9.80 Å². The van der Waals surface area contributed by atoms with Crippen molar-refractivity contribution in [2.24, 2.45) is 5.92 Å². The lowest BCUT2D eigenvalue weighted by molar-refractivity contribution is -0.380. The Kier molecular flexibility index (Phi) is 4.21. The molecule has 1 aliphatic carbocycles. The fraction of sp³-hybridized carbons (Fsp3) is 0.643. The van der Waals surface area contributed by atoms with Crippen LogP contribution in [0.3, 0.4) is 0 Å². The summed E-state index contributed by atoms with van der Waals surface area (Å²) in [4.78, 5) is 25.4. The van der Waals surface area contributed by atoms with Crippen molar-refractivity contribution in [3.8, 4) is 0 Å². The molecule has 1 saturated heterocycles. The second-order valence-corrected chi connectivity index (χ2v) is 6.86. The monoisotopic (exact) mass is 309 g/mol. The van der Waals surface area contributed by atoms with Crippen LogP contribution in [0.25, 0.3) is 0 Å². The van der Waals surface area contributed by atoms with E-state index in [0.29, 0.717) is 16.8 Å². The average molecular weight is 309 g/mol. The van der Waals surface area contributed by atoms with Gasteiger partial charge in [-0.25, -0.2) is 0 Å². The molecule has 1 amide bonds. The summed E-state index contributed by atoms with van der Waals surface area (Å²) < 4.78 is 0. The summed E-state index contributed by atoms with van der Waals surface area (Å²) in [6, 6.07) is 3.34. The van der Waals surface area contributed by atoms with Crippen molar-refractivity contribution in [3.63, 3.8) is 0 Å². The lowest BCUT2D eigenvalue weighted by Crippen LogP contribution is -2.42. The molecule has 1 unspecified atom stereocenters. The van der Waals surface area contributed by atoms with Gasteiger partial charge in [-0.2, -0.15) is 0 Å². The summed E-state index contributed by atoms with van der Waals surface area (Å²) in [5.41, 5.74) is 0. The van der Waals surface area contributed by atoms with E-state index in [-0.39, 0.29) is 10.9 Å². The molecule has 1 aromatic rings. The van der Waals surface area contributed by atoms with Gasteiger partial charge in [-0.3, -0.25) is 14.9 Å². The molecule has 0 spiro atoms. The van der Waals surface area contributed by atoms with Gasteiger partial charge in [0.25, 0.3) is 5.91 Å². The van der Waals surface area contributed by atoms with Crippen LogP contribution in [0.2, 0.25) is 0 Å². The summed E-state index contributed by atoms with van der Waals surface area (Å²) in [6.07, 6.45) is 4.41. The molecule has 2 heterocycles. The van der Waals surface area contributed by atoms with E-state index in [1.165, 1.54) is 6.07 Å². The maximum atomic E-state index is 12.6. The quantitative estimate of drug-likeness (QED) is 0.668. The molecule has 2 aliphatic rings. The minimum Gasteiger partial charge on any atom is -0.335 e. The molecule has 3 rings (SSSR count). The smallest absolute Gasteiger partial charge is 0.324 e. The van der Waals surface area contributed by atoms with Gasteiger partial charge in [0.1, 0.15) is 0 Å². The van der Waals surface area contributed by atoms with Crippen LogP contribution in [0.15, 0.2) is 12.1 Å². The Morgan fingerprint density at radius 1 is 1.43 bits per heavy atom. The van der Waals surface area contributed by atoms with E-state index in [9.17, 15) is 14.9 Å². The molecule has 6 nitrogen and oxygen atoms in total. The van der Waals surface area contributed by atoms with E-state index in [2.05, 4.69) is 5.32 Å². The molecule has 114 valence electrons. The molecule has 0 aromatic carbocycles. The Hall–Kier alpha value is -1.47. The minimum absolute atomic E-state index is 0.0356. The molecule has 2 fully saturated rings. The van der Waals surface area contributed by atoms with Crippen molar-refractivity contribution in [2.75, 3.05) is 19.6 Å². The first-order valence-corrected chi connectivity index (χ1v) is 8.22. The molecular weight excluding hydrogens is 290 g/mol. The highest BCUT2D eigenvalue weighted by molar-refractivity contribution is 7.17. The standard InChI is InChI=1S/C14H19N3O3S/c18-14(12-5-6-13(21-12)17(19)20)16(11-3-4-11)9-10-2-1-7-15-8-10/h5-6,10-11,15H,1-4,7-9H2. The Morgan fingerprint density at radius 2 is 2.24 bits per heavy atom. The molecular formula is C14H19N3O3S. The molecule has 7 heteroatoms. The highest BCUT2D eigenvalue weighted by atomic mass is 32.1. The maximum absolute atomic E-state index is 12.6. The van der Waals surface area contributed by atoms with Crippen molar-refractivity contribution in [1.29, 1.82) is 0 Å². The van der Waals surface area contributed by atoms with Gasteiger partial charge in [-0.05, 0) is 50.8 Å². The van der Waals surface area contributed by atoms with Crippen LogP contribution in [0.4, 0.5) is 5.00 Å². The third-order valence-corrected chi connectivity index (χ3v) is 5.11. The largest absolute Gasteiger partial charge is 0.335 e. The third kappa shape index (κ3) is 3.41. The summed E-state index contributed by atoms with van der Waals surface area (Å²) in [7, 11) is 0. The molecule has 1 N–H and O–H groups in total. The number of nitrogens with zero attached hydrogens (tertiary/aromatic N) is 2. The van der Waals surface area contributed by atoms with Gasteiger partial charge < -0.3 is 10.2 Å². The number of nitro groups is 1. The van der Waals surface area contributed by atoms with Crippen molar-refractivity contribution >= 4 is 22.2 Å². The number of carbonyl (C=O) groups is 1. The molecule has 21 heavy (non-hydrogen) atoms. The molecule has 1 aromatic heterocycles. The van der Waals surface area contributed by atoms with E-state index in [1.807, 2.05) is 4.90 Å². The van der Waals surface area contributed by atoms with Crippen LogP contribution in [0.5, 0.6) is 0 Å². The lowest BCUT2D eigenvalue weighted by atomic mass is 9.99. The van der Waals surface area contributed by atoms with Gasteiger partial charge >= 0.3 is 5.00 Å². The van der Waals surface area contributed by atoms with E-state index in [4.69, 9.17) is 0 Å². The fourth-order valence-electron chi connectivity index (χ4n) is 2.82. The number of carbonyl (C=O) groups excluding carboxylic acids is 1. The average Bonchev–Trinajstić information content (AvgIpc) is 3.20. The summed E-state index contributed by atoms with van der Waals surface area (Å²) in [5.74, 6) is 0.458. The number of thiophene rings is 1.